The topological polar surface area (TPSA) is 47.0 Å². The number of nitrogens with one attached hydrogen (secondary N) is 1. The molecule has 1 N–H and O–H groups in total. The highest BCUT2D eigenvalue weighted by atomic mass is 16.5. The minimum Gasteiger partial charge on any atom is -0.381 e. The number of nitrogens with zero attached hydrogens (tertiary/aromatic N) is 2. The van der Waals surface area contributed by atoms with Crippen LogP contribution in [0.25, 0.3) is 11.0 Å². The molecule has 0 aliphatic carbocycles. The van der Waals surface area contributed by atoms with Gasteiger partial charge < -0.3 is 10.1 Å². The Morgan fingerprint density at radius 3 is 2.83 bits per heavy atom. The third-order valence-corrected chi connectivity index (χ3v) is 3.60. The molecule has 0 saturated carbocycles. The molecule has 0 amide bonds. The lowest BCUT2D eigenvalue weighted by Crippen LogP contribution is -2.25. The number of benzene rings is 1. The first-order chi connectivity index (χ1) is 8.88. The molecule has 4 nitrogen and oxygen atoms in total. The number of hydrogen-bond acceptors (Lipinski definition) is 4. The van der Waals surface area contributed by atoms with Gasteiger partial charge in [-0.3, -0.25) is 9.97 Å². The van der Waals surface area contributed by atoms with Gasteiger partial charge in [0.25, 0.3) is 0 Å². The molecule has 2 aromatic rings. The van der Waals surface area contributed by atoms with Crippen LogP contribution in [0.1, 0.15) is 18.0 Å². The van der Waals surface area contributed by atoms with E-state index in [0.29, 0.717) is 12.0 Å². The molecule has 0 radical (unpaired) electrons. The number of fused-ring (bicyclic) bond motifs is 1. The van der Waals surface area contributed by atoms with Crippen molar-refractivity contribution in [2.24, 2.45) is 5.92 Å². The van der Waals surface area contributed by atoms with Crippen molar-refractivity contribution in [3.63, 3.8) is 0 Å². The number of hydrogen-bond donors (Lipinski definition) is 1. The first kappa shape index (κ1) is 11.6. The van der Waals surface area contributed by atoms with Gasteiger partial charge in [-0.05, 0) is 31.2 Å². The zero-order valence-corrected chi connectivity index (χ0v) is 10.5. The summed E-state index contributed by atoms with van der Waals surface area (Å²) in [5.41, 5.74) is 3.16. The average Bonchev–Trinajstić information content (AvgIpc) is 2.93. The molecule has 1 fully saturated rings. The third kappa shape index (κ3) is 2.09. The molecule has 2 heterocycles. The van der Waals surface area contributed by atoms with Gasteiger partial charge in [0.2, 0.25) is 0 Å². The third-order valence-electron chi connectivity index (χ3n) is 3.60. The molecular weight excluding hydrogens is 226 g/mol. The molecular formula is C14H17N3O. The van der Waals surface area contributed by atoms with Gasteiger partial charge in [0.15, 0.2) is 0 Å². The van der Waals surface area contributed by atoms with Crippen molar-refractivity contribution >= 4 is 11.0 Å². The summed E-state index contributed by atoms with van der Waals surface area (Å²) in [6.07, 6.45) is 4.57. The van der Waals surface area contributed by atoms with Gasteiger partial charge in [-0.25, -0.2) is 0 Å². The molecule has 2 unspecified atom stereocenters. The standard InChI is InChI=1S/C14H17N3O/c1-15-14(11-4-7-18-9-11)10-2-3-12-13(8-10)17-6-5-16-12/h2-3,5-6,8,11,14-15H,4,7,9H2,1H3. The van der Waals surface area contributed by atoms with Gasteiger partial charge in [0.1, 0.15) is 0 Å². The van der Waals surface area contributed by atoms with Gasteiger partial charge in [0, 0.05) is 31.0 Å². The summed E-state index contributed by atoms with van der Waals surface area (Å²) in [5, 5.41) is 3.40. The van der Waals surface area contributed by atoms with Crippen LogP contribution in [-0.2, 0) is 4.74 Å². The predicted octanol–water partition coefficient (Wildman–Crippen LogP) is 1.93. The molecule has 3 rings (SSSR count). The Morgan fingerprint density at radius 2 is 2.11 bits per heavy atom. The van der Waals surface area contributed by atoms with E-state index >= 15 is 0 Å². The first-order valence-corrected chi connectivity index (χ1v) is 6.34. The molecule has 2 atom stereocenters. The van der Waals surface area contributed by atoms with Crippen molar-refractivity contribution in [1.29, 1.82) is 0 Å². The first-order valence-electron chi connectivity index (χ1n) is 6.34. The van der Waals surface area contributed by atoms with Crippen LogP contribution in [0.15, 0.2) is 30.6 Å². The van der Waals surface area contributed by atoms with Crippen LogP contribution in [0.4, 0.5) is 0 Å². The Bertz CT molecular complexity index is 537. The predicted molar refractivity (Wildman–Crippen MR) is 70.3 cm³/mol. The summed E-state index contributed by atoms with van der Waals surface area (Å²) in [4.78, 5) is 8.66. The maximum atomic E-state index is 5.48. The van der Waals surface area contributed by atoms with Crippen LogP contribution in [-0.4, -0.2) is 30.2 Å². The Balaban J connectivity index is 1.96. The van der Waals surface area contributed by atoms with Crippen molar-refractivity contribution in [3.05, 3.63) is 36.2 Å². The monoisotopic (exact) mass is 243 g/mol. The molecule has 1 aromatic heterocycles. The minimum atomic E-state index is 0.332. The summed E-state index contributed by atoms with van der Waals surface area (Å²) in [6.45, 7) is 1.71. The summed E-state index contributed by atoms with van der Waals surface area (Å²) in [6, 6.07) is 6.63. The van der Waals surface area contributed by atoms with Crippen molar-refractivity contribution in [3.8, 4) is 0 Å². The molecule has 94 valence electrons. The fourth-order valence-corrected chi connectivity index (χ4v) is 2.66. The summed E-state index contributed by atoms with van der Waals surface area (Å²) in [5.74, 6) is 0.545. The van der Waals surface area contributed by atoms with Crippen molar-refractivity contribution in [1.82, 2.24) is 15.3 Å². The van der Waals surface area contributed by atoms with Gasteiger partial charge in [0.05, 0.1) is 17.6 Å². The highest BCUT2D eigenvalue weighted by molar-refractivity contribution is 5.74. The Labute approximate surface area is 106 Å². The summed E-state index contributed by atoms with van der Waals surface area (Å²) >= 11 is 0. The molecule has 1 aliphatic heterocycles. The van der Waals surface area contributed by atoms with Gasteiger partial charge >= 0.3 is 0 Å². The quantitative estimate of drug-likeness (QED) is 0.894. The van der Waals surface area contributed by atoms with Gasteiger partial charge in [-0.2, -0.15) is 0 Å². The van der Waals surface area contributed by atoms with Crippen molar-refractivity contribution < 1.29 is 4.74 Å². The van der Waals surface area contributed by atoms with E-state index in [0.717, 1.165) is 30.7 Å². The van der Waals surface area contributed by atoms with E-state index in [4.69, 9.17) is 4.74 Å². The van der Waals surface area contributed by atoms with Crippen LogP contribution >= 0.6 is 0 Å². The molecule has 18 heavy (non-hydrogen) atoms. The van der Waals surface area contributed by atoms with Gasteiger partial charge in [-0.1, -0.05) is 6.07 Å². The smallest absolute Gasteiger partial charge is 0.0890 e. The van der Waals surface area contributed by atoms with E-state index in [1.165, 1.54) is 5.56 Å². The highest BCUT2D eigenvalue weighted by Crippen LogP contribution is 2.29. The summed E-state index contributed by atoms with van der Waals surface area (Å²) in [7, 11) is 2.00. The molecule has 1 saturated heterocycles. The molecule has 0 bridgehead atoms. The second-order valence-electron chi connectivity index (χ2n) is 4.69. The molecule has 0 spiro atoms. The zero-order valence-electron chi connectivity index (χ0n) is 10.5. The molecule has 1 aliphatic rings. The SMILES string of the molecule is CNC(c1ccc2nccnc2c1)C1CCOC1. The average molecular weight is 243 g/mol. The number of aromatic nitrogens is 2. The van der Waals surface area contributed by atoms with Crippen LogP contribution in [0.2, 0.25) is 0 Å². The fourth-order valence-electron chi connectivity index (χ4n) is 2.66. The highest BCUT2D eigenvalue weighted by Gasteiger charge is 2.25. The van der Waals surface area contributed by atoms with E-state index in [2.05, 4.69) is 27.4 Å². The van der Waals surface area contributed by atoms with E-state index < -0.39 is 0 Å². The fraction of sp³-hybridized carbons (Fsp3) is 0.429. The van der Waals surface area contributed by atoms with Gasteiger partial charge in [-0.15, -0.1) is 0 Å². The van der Waals surface area contributed by atoms with Crippen LogP contribution in [0, 0.1) is 5.92 Å². The largest absolute Gasteiger partial charge is 0.381 e. The maximum Gasteiger partial charge on any atom is 0.0890 e. The van der Waals surface area contributed by atoms with E-state index in [1.807, 2.05) is 13.1 Å². The zero-order chi connectivity index (χ0) is 12.4. The Kier molecular flexibility index (Phi) is 3.21. The Morgan fingerprint density at radius 1 is 1.28 bits per heavy atom. The lowest BCUT2D eigenvalue weighted by molar-refractivity contribution is 0.178. The van der Waals surface area contributed by atoms with E-state index in [-0.39, 0.29) is 0 Å². The maximum absolute atomic E-state index is 5.48. The van der Waals surface area contributed by atoms with E-state index in [9.17, 15) is 0 Å². The minimum absolute atomic E-state index is 0.332. The lowest BCUT2D eigenvalue weighted by Gasteiger charge is -2.22. The van der Waals surface area contributed by atoms with Crippen LogP contribution < -0.4 is 5.32 Å². The summed E-state index contributed by atoms with van der Waals surface area (Å²) < 4.78 is 5.48. The molecule has 4 heteroatoms. The normalized spacial score (nSPS) is 21.3. The number of ether oxygens (including phenoxy) is 1. The van der Waals surface area contributed by atoms with Crippen molar-refractivity contribution in [2.45, 2.75) is 12.5 Å². The lowest BCUT2D eigenvalue weighted by atomic mass is 9.92. The van der Waals surface area contributed by atoms with E-state index in [1.54, 1.807) is 12.4 Å². The number of rotatable bonds is 3. The van der Waals surface area contributed by atoms with Crippen LogP contribution in [0.3, 0.4) is 0 Å². The second-order valence-corrected chi connectivity index (χ2v) is 4.69. The Hall–Kier alpha value is -1.52. The van der Waals surface area contributed by atoms with Crippen LogP contribution in [0.5, 0.6) is 0 Å². The molecule has 1 aromatic carbocycles. The van der Waals surface area contributed by atoms with Crippen molar-refractivity contribution in [2.75, 3.05) is 20.3 Å². The second kappa shape index (κ2) is 5.00.